The third kappa shape index (κ3) is 7.31. The van der Waals surface area contributed by atoms with Crippen molar-refractivity contribution in [1.82, 2.24) is 20.4 Å². The number of aliphatic imine (C=N–C) groups is 1. The van der Waals surface area contributed by atoms with Gasteiger partial charge in [-0.25, -0.2) is 0 Å². The lowest BCUT2D eigenvalue weighted by atomic mass is 10.2. The van der Waals surface area contributed by atoms with Gasteiger partial charge in [0.2, 0.25) is 0 Å². The third-order valence-corrected chi connectivity index (χ3v) is 3.99. The molecule has 24 heavy (non-hydrogen) atoms. The lowest BCUT2D eigenvalue weighted by Crippen LogP contribution is -2.40. The predicted octanol–water partition coefficient (Wildman–Crippen LogP) is 1.27. The highest BCUT2D eigenvalue weighted by Crippen LogP contribution is 2.11. The SMILES string of the molecule is CN=C(NCCCOCC1CCCO1)NCC(C)Cn1cccn1. The lowest BCUT2D eigenvalue weighted by Gasteiger charge is -2.16. The Morgan fingerprint density at radius 3 is 3.12 bits per heavy atom. The molecule has 0 saturated carbocycles. The molecule has 0 aromatic carbocycles. The van der Waals surface area contributed by atoms with Gasteiger partial charge in [-0.3, -0.25) is 9.67 Å². The molecule has 0 radical (unpaired) electrons. The maximum absolute atomic E-state index is 5.65. The first kappa shape index (κ1) is 18.7. The van der Waals surface area contributed by atoms with Crippen LogP contribution in [0.2, 0.25) is 0 Å². The van der Waals surface area contributed by atoms with E-state index in [0.717, 1.165) is 64.7 Å². The molecule has 1 saturated heterocycles. The van der Waals surface area contributed by atoms with Crippen LogP contribution < -0.4 is 10.6 Å². The Hall–Kier alpha value is -1.60. The number of hydrogen-bond donors (Lipinski definition) is 2. The Morgan fingerprint density at radius 1 is 1.50 bits per heavy atom. The van der Waals surface area contributed by atoms with E-state index >= 15 is 0 Å². The molecule has 1 aromatic heterocycles. The second kappa shape index (κ2) is 11.0. The van der Waals surface area contributed by atoms with Crippen molar-refractivity contribution >= 4 is 5.96 Å². The molecule has 7 nitrogen and oxygen atoms in total. The van der Waals surface area contributed by atoms with Gasteiger partial charge in [0.25, 0.3) is 0 Å². The van der Waals surface area contributed by atoms with Crippen molar-refractivity contribution in [2.45, 2.75) is 38.8 Å². The van der Waals surface area contributed by atoms with Crippen molar-refractivity contribution in [3.8, 4) is 0 Å². The Balaban J connectivity index is 1.49. The zero-order valence-corrected chi connectivity index (χ0v) is 14.9. The molecule has 2 heterocycles. The van der Waals surface area contributed by atoms with E-state index < -0.39 is 0 Å². The van der Waals surface area contributed by atoms with Crippen molar-refractivity contribution in [2.24, 2.45) is 10.9 Å². The molecule has 0 bridgehead atoms. The number of nitrogens with zero attached hydrogens (tertiary/aromatic N) is 3. The first-order valence-corrected chi connectivity index (χ1v) is 8.89. The van der Waals surface area contributed by atoms with E-state index in [4.69, 9.17) is 9.47 Å². The van der Waals surface area contributed by atoms with Crippen LogP contribution >= 0.6 is 0 Å². The van der Waals surface area contributed by atoms with E-state index in [-0.39, 0.29) is 0 Å². The molecule has 2 rings (SSSR count). The van der Waals surface area contributed by atoms with Crippen LogP contribution in [-0.2, 0) is 16.0 Å². The smallest absolute Gasteiger partial charge is 0.190 e. The minimum absolute atomic E-state index is 0.309. The largest absolute Gasteiger partial charge is 0.379 e. The van der Waals surface area contributed by atoms with Crippen LogP contribution in [0.4, 0.5) is 0 Å². The summed E-state index contributed by atoms with van der Waals surface area (Å²) in [6.45, 7) is 7.15. The van der Waals surface area contributed by atoms with Crippen LogP contribution in [-0.4, -0.2) is 61.8 Å². The number of aromatic nitrogens is 2. The molecule has 2 unspecified atom stereocenters. The van der Waals surface area contributed by atoms with Crippen molar-refractivity contribution in [1.29, 1.82) is 0 Å². The van der Waals surface area contributed by atoms with Crippen molar-refractivity contribution in [3.63, 3.8) is 0 Å². The van der Waals surface area contributed by atoms with Gasteiger partial charge in [-0.15, -0.1) is 0 Å². The zero-order chi connectivity index (χ0) is 17.0. The lowest BCUT2D eigenvalue weighted by molar-refractivity contribution is 0.0168. The molecule has 7 heteroatoms. The normalized spacial score (nSPS) is 19.4. The van der Waals surface area contributed by atoms with E-state index in [1.807, 2.05) is 23.1 Å². The van der Waals surface area contributed by atoms with Crippen LogP contribution in [0.15, 0.2) is 23.5 Å². The number of ether oxygens (including phenoxy) is 2. The molecule has 0 aliphatic carbocycles. The van der Waals surface area contributed by atoms with Gasteiger partial charge in [-0.05, 0) is 31.2 Å². The highest BCUT2D eigenvalue weighted by Gasteiger charge is 2.14. The first-order chi connectivity index (χ1) is 11.8. The van der Waals surface area contributed by atoms with Gasteiger partial charge in [0, 0.05) is 52.3 Å². The highest BCUT2D eigenvalue weighted by atomic mass is 16.5. The van der Waals surface area contributed by atoms with E-state index in [9.17, 15) is 0 Å². The molecular formula is C17H31N5O2. The summed E-state index contributed by atoms with van der Waals surface area (Å²) in [6.07, 6.45) is 7.35. The highest BCUT2D eigenvalue weighted by molar-refractivity contribution is 5.79. The van der Waals surface area contributed by atoms with Gasteiger partial charge in [0.05, 0.1) is 12.7 Å². The van der Waals surface area contributed by atoms with E-state index in [1.165, 1.54) is 0 Å². The maximum Gasteiger partial charge on any atom is 0.190 e. The molecule has 2 N–H and O–H groups in total. The molecule has 1 aromatic rings. The second-order valence-electron chi connectivity index (χ2n) is 6.28. The van der Waals surface area contributed by atoms with Crippen LogP contribution in [0, 0.1) is 5.92 Å². The van der Waals surface area contributed by atoms with E-state index in [1.54, 1.807) is 7.05 Å². The summed E-state index contributed by atoms with van der Waals surface area (Å²) >= 11 is 0. The van der Waals surface area contributed by atoms with Gasteiger partial charge in [-0.2, -0.15) is 5.10 Å². The van der Waals surface area contributed by atoms with Gasteiger partial charge >= 0.3 is 0 Å². The van der Waals surface area contributed by atoms with Crippen molar-refractivity contribution in [2.75, 3.05) is 40.0 Å². The first-order valence-electron chi connectivity index (χ1n) is 8.89. The number of rotatable bonds is 10. The van der Waals surface area contributed by atoms with Crippen LogP contribution in [0.5, 0.6) is 0 Å². The van der Waals surface area contributed by atoms with Crippen molar-refractivity contribution in [3.05, 3.63) is 18.5 Å². The fraction of sp³-hybridized carbons (Fsp3) is 0.765. The summed E-state index contributed by atoms with van der Waals surface area (Å²) in [5.74, 6) is 1.31. The monoisotopic (exact) mass is 337 g/mol. The van der Waals surface area contributed by atoms with Gasteiger partial charge in [-0.1, -0.05) is 6.92 Å². The fourth-order valence-electron chi connectivity index (χ4n) is 2.66. The number of hydrogen-bond acceptors (Lipinski definition) is 4. The number of nitrogens with one attached hydrogen (secondary N) is 2. The third-order valence-electron chi connectivity index (χ3n) is 3.99. The summed E-state index contributed by atoms with van der Waals surface area (Å²) in [7, 11) is 1.79. The second-order valence-corrected chi connectivity index (χ2v) is 6.28. The average molecular weight is 337 g/mol. The van der Waals surface area contributed by atoms with E-state index in [0.29, 0.717) is 12.0 Å². The zero-order valence-electron chi connectivity index (χ0n) is 14.9. The molecule has 1 aliphatic rings. The Kier molecular flexibility index (Phi) is 8.62. The molecular weight excluding hydrogens is 306 g/mol. The molecule has 136 valence electrons. The summed E-state index contributed by atoms with van der Waals surface area (Å²) < 4.78 is 13.1. The maximum atomic E-state index is 5.65. The Bertz CT molecular complexity index is 458. The number of guanidine groups is 1. The molecule has 1 aliphatic heterocycles. The molecule has 0 amide bonds. The fourth-order valence-corrected chi connectivity index (χ4v) is 2.66. The summed E-state index contributed by atoms with van der Waals surface area (Å²) in [5, 5.41) is 10.9. The summed E-state index contributed by atoms with van der Waals surface area (Å²) in [4.78, 5) is 4.25. The minimum Gasteiger partial charge on any atom is -0.379 e. The van der Waals surface area contributed by atoms with Crippen LogP contribution in [0.1, 0.15) is 26.2 Å². The van der Waals surface area contributed by atoms with Gasteiger partial charge < -0.3 is 20.1 Å². The average Bonchev–Trinajstić information content (AvgIpc) is 3.27. The summed E-state index contributed by atoms with van der Waals surface area (Å²) in [5.41, 5.74) is 0. The quantitative estimate of drug-likeness (QED) is 0.382. The predicted molar refractivity (Wildman–Crippen MR) is 95.2 cm³/mol. The molecule has 1 fully saturated rings. The topological polar surface area (TPSA) is 72.7 Å². The summed E-state index contributed by atoms with van der Waals surface area (Å²) in [6, 6.07) is 1.95. The molecule has 2 atom stereocenters. The van der Waals surface area contributed by atoms with Crippen molar-refractivity contribution < 1.29 is 9.47 Å². The van der Waals surface area contributed by atoms with Gasteiger partial charge in [0.1, 0.15) is 0 Å². The van der Waals surface area contributed by atoms with Crippen LogP contribution in [0.3, 0.4) is 0 Å². The standard InChI is InChI=1S/C17H31N5O2/c1-15(13-22-9-4-8-21-22)12-20-17(18-2)19-7-5-10-23-14-16-6-3-11-24-16/h4,8-9,15-16H,3,5-7,10-14H2,1-2H3,(H2,18,19,20). The Labute approximate surface area is 144 Å². The Morgan fingerprint density at radius 2 is 2.42 bits per heavy atom. The molecule has 0 spiro atoms. The minimum atomic E-state index is 0.309. The van der Waals surface area contributed by atoms with Gasteiger partial charge in [0.15, 0.2) is 5.96 Å². The van der Waals surface area contributed by atoms with E-state index in [2.05, 4.69) is 27.6 Å². The van der Waals surface area contributed by atoms with Crippen LogP contribution in [0.25, 0.3) is 0 Å².